The van der Waals surface area contributed by atoms with Gasteiger partial charge in [-0.05, 0) is 62.7 Å². The summed E-state index contributed by atoms with van der Waals surface area (Å²) in [5.74, 6) is 1.06. The zero-order valence-corrected chi connectivity index (χ0v) is 18.2. The number of furan rings is 1. The molecule has 2 amide bonds. The molecule has 3 aromatic rings. The van der Waals surface area contributed by atoms with Gasteiger partial charge in [-0.3, -0.25) is 14.5 Å². The van der Waals surface area contributed by atoms with Crippen molar-refractivity contribution >= 4 is 23.3 Å². The van der Waals surface area contributed by atoms with Gasteiger partial charge in [0, 0.05) is 17.9 Å². The molecule has 1 aliphatic heterocycles. The van der Waals surface area contributed by atoms with E-state index in [1.807, 2.05) is 61.5 Å². The third-order valence-corrected chi connectivity index (χ3v) is 5.64. The molecule has 1 aliphatic rings. The summed E-state index contributed by atoms with van der Waals surface area (Å²) in [4.78, 5) is 34.2. The molecule has 4 rings (SSSR count). The van der Waals surface area contributed by atoms with Gasteiger partial charge in [-0.25, -0.2) is 4.98 Å². The van der Waals surface area contributed by atoms with Crippen LogP contribution >= 0.6 is 0 Å². The number of hydrogen-bond donors (Lipinski definition) is 1. The Morgan fingerprint density at radius 2 is 1.97 bits per heavy atom. The Bertz CT molecular complexity index is 1040. The maximum Gasteiger partial charge on any atom is 0.241 e. The van der Waals surface area contributed by atoms with E-state index in [0.717, 1.165) is 36.5 Å². The van der Waals surface area contributed by atoms with Gasteiger partial charge in [-0.1, -0.05) is 24.3 Å². The number of amides is 2. The second kappa shape index (κ2) is 10.2. The fourth-order valence-corrected chi connectivity index (χ4v) is 4.02. The van der Waals surface area contributed by atoms with Crippen LogP contribution in [0.5, 0.6) is 0 Å². The van der Waals surface area contributed by atoms with Crippen molar-refractivity contribution in [2.75, 3.05) is 29.9 Å². The van der Waals surface area contributed by atoms with Crippen molar-refractivity contribution in [2.24, 2.45) is 5.92 Å². The molecular formula is C25H28N4O3. The number of anilines is 2. The topological polar surface area (TPSA) is 78.7 Å². The van der Waals surface area contributed by atoms with E-state index in [1.165, 1.54) is 0 Å². The Labute approximate surface area is 188 Å². The van der Waals surface area contributed by atoms with Gasteiger partial charge in [0.05, 0.1) is 25.3 Å². The molecule has 3 heterocycles. The molecule has 166 valence electrons. The molecule has 2 aromatic heterocycles. The van der Waals surface area contributed by atoms with Gasteiger partial charge < -0.3 is 14.6 Å². The zero-order valence-electron chi connectivity index (χ0n) is 18.2. The lowest BCUT2D eigenvalue weighted by molar-refractivity contribution is -0.124. The molecule has 1 fully saturated rings. The summed E-state index contributed by atoms with van der Waals surface area (Å²) in [6.07, 6.45) is 3.28. The zero-order chi connectivity index (χ0) is 22.3. The van der Waals surface area contributed by atoms with Crippen LogP contribution < -0.4 is 10.2 Å². The van der Waals surface area contributed by atoms with E-state index < -0.39 is 0 Å². The van der Waals surface area contributed by atoms with Crippen LogP contribution in [-0.2, 0) is 16.1 Å². The Balaban J connectivity index is 1.40. The predicted octanol–water partition coefficient (Wildman–Crippen LogP) is 3.87. The second-order valence-electron chi connectivity index (χ2n) is 8.12. The highest BCUT2D eigenvalue weighted by molar-refractivity contribution is 5.95. The fourth-order valence-electron chi connectivity index (χ4n) is 4.02. The largest absolute Gasteiger partial charge is 0.467 e. The van der Waals surface area contributed by atoms with Gasteiger partial charge in [-0.15, -0.1) is 0 Å². The number of benzene rings is 1. The molecule has 0 radical (unpaired) electrons. The van der Waals surface area contributed by atoms with Gasteiger partial charge in [0.1, 0.15) is 11.6 Å². The summed E-state index contributed by atoms with van der Waals surface area (Å²) in [6, 6.07) is 18.8. The summed E-state index contributed by atoms with van der Waals surface area (Å²) in [5.41, 5.74) is 1.68. The first-order valence-corrected chi connectivity index (χ1v) is 10.9. The molecule has 0 saturated carbocycles. The summed E-state index contributed by atoms with van der Waals surface area (Å²) in [6.45, 7) is 3.86. The molecule has 1 unspecified atom stereocenters. The van der Waals surface area contributed by atoms with Crippen molar-refractivity contribution in [1.82, 2.24) is 9.88 Å². The first kappa shape index (κ1) is 21.8. The normalized spacial score (nSPS) is 16.5. The third-order valence-electron chi connectivity index (χ3n) is 5.64. The van der Waals surface area contributed by atoms with E-state index in [9.17, 15) is 9.59 Å². The number of nitrogens with one attached hydrogen (secondary N) is 1. The van der Waals surface area contributed by atoms with E-state index >= 15 is 0 Å². The van der Waals surface area contributed by atoms with Crippen LogP contribution in [0.25, 0.3) is 0 Å². The van der Waals surface area contributed by atoms with E-state index in [1.54, 1.807) is 17.2 Å². The molecule has 1 saturated heterocycles. The molecule has 1 aromatic carbocycles. The predicted molar refractivity (Wildman–Crippen MR) is 123 cm³/mol. The monoisotopic (exact) mass is 432 g/mol. The van der Waals surface area contributed by atoms with Gasteiger partial charge in [0.15, 0.2) is 0 Å². The number of carbonyl (C=O) groups excluding carboxylic acids is 2. The Morgan fingerprint density at radius 3 is 2.72 bits per heavy atom. The molecule has 0 aliphatic carbocycles. The minimum absolute atomic E-state index is 0.0194. The molecule has 0 spiro atoms. The summed E-state index contributed by atoms with van der Waals surface area (Å²) in [5, 5.41) is 2.92. The van der Waals surface area contributed by atoms with Crippen molar-refractivity contribution in [3.63, 3.8) is 0 Å². The van der Waals surface area contributed by atoms with Gasteiger partial charge in [0.2, 0.25) is 11.8 Å². The van der Waals surface area contributed by atoms with Gasteiger partial charge >= 0.3 is 0 Å². The smallest absolute Gasteiger partial charge is 0.241 e. The first-order valence-electron chi connectivity index (χ1n) is 10.9. The highest BCUT2D eigenvalue weighted by atomic mass is 16.3. The molecule has 32 heavy (non-hydrogen) atoms. The highest BCUT2D eigenvalue weighted by Crippen LogP contribution is 2.21. The molecule has 0 bridgehead atoms. The first-order chi connectivity index (χ1) is 15.6. The van der Waals surface area contributed by atoms with Crippen LogP contribution in [0.2, 0.25) is 0 Å². The third kappa shape index (κ3) is 5.62. The maximum atomic E-state index is 13.3. The number of para-hydroxylation sites is 1. The average molecular weight is 433 g/mol. The van der Waals surface area contributed by atoms with Crippen LogP contribution in [0.15, 0.2) is 71.3 Å². The van der Waals surface area contributed by atoms with Crippen LogP contribution in [0, 0.1) is 12.8 Å². The highest BCUT2D eigenvalue weighted by Gasteiger charge is 2.28. The Kier molecular flexibility index (Phi) is 6.97. The number of rotatable bonds is 7. The molecule has 1 N–H and O–H groups in total. The number of aryl methyl sites for hydroxylation is 1. The summed E-state index contributed by atoms with van der Waals surface area (Å²) < 4.78 is 5.47. The van der Waals surface area contributed by atoms with Crippen molar-refractivity contribution in [2.45, 2.75) is 26.3 Å². The number of aromatic nitrogens is 1. The standard InChI is InChI=1S/C25H28N4O3/c1-19-8-5-13-23(26-19)27-25(31)20-9-6-14-28(16-20)18-24(30)29(17-22-12-7-15-32-22)21-10-3-2-4-11-21/h2-5,7-8,10-13,15,20H,6,9,14,16-18H2,1H3,(H,26,27,31). The van der Waals surface area contributed by atoms with Crippen molar-refractivity contribution < 1.29 is 14.0 Å². The number of piperidine rings is 1. The number of hydrogen-bond acceptors (Lipinski definition) is 5. The van der Waals surface area contributed by atoms with Crippen molar-refractivity contribution in [1.29, 1.82) is 0 Å². The summed E-state index contributed by atoms with van der Waals surface area (Å²) >= 11 is 0. The average Bonchev–Trinajstić information content (AvgIpc) is 3.31. The minimum atomic E-state index is -0.172. The fraction of sp³-hybridized carbons (Fsp3) is 0.320. The van der Waals surface area contributed by atoms with Crippen molar-refractivity contribution in [3.05, 3.63) is 78.4 Å². The summed E-state index contributed by atoms with van der Waals surface area (Å²) in [7, 11) is 0. The van der Waals surface area contributed by atoms with Crippen LogP contribution in [0.3, 0.4) is 0 Å². The molecule has 7 nitrogen and oxygen atoms in total. The lowest BCUT2D eigenvalue weighted by Crippen LogP contribution is -2.46. The van der Waals surface area contributed by atoms with E-state index in [2.05, 4.69) is 15.2 Å². The second-order valence-corrected chi connectivity index (χ2v) is 8.12. The molecule has 1 atom stereocenters. The van der Waals surface area contributed by atoms with Crippen LogP contribution in [0.1, 0.15) is 24.3 Å². The molecule has 7 heteroatoms. The van der Waals surface area contributed by atoms with Crippen LogP contribution in [0.4, 0.5) is 11.5 Å². The molecular weight excluding hydrogens is 404 g/mol. The van der Waals surface area contributed by atoms with E-state index in [-0.39, 0.29) is 24.3 Å². The lowest BCUT2D eigenvalue weighted by Gasteiger charge is -2.33. The Hall–Kier alpha value is -3.45. The number of carbonyl (C=O) groups is 2. The SMILES string of the molecule is Cc1cccc(NC(=O)C2CCCN(CC(=O)N(Cc3ccco3)c3ccccc3)C2)n1. The van der Waals surface area contributed by atoms with Gasteiger partial charge in [0.25, 0.3) is 0 Å². The number of nitrogens with zero attached hydrogens (tertiary/aromatic N) is 3. The Morgan fingerprint density at radius 1 is 1.12 bits per heavy atom. The maximum absolute atomic E-state index is 13.3. The van der Waals surface area contributed by atoms with Crippen molar-refractivity contribution in [3.8, 4) is 0 Å². The van der Waals surface area contributed by atoms with Gasteiger partial charge in [-0.2, -0.15) is 0 Å². The number of pyridine rings is 1. The number of likely N-dealkylation sites (tertiary alicyclic amines) is 1. The van der Waals surface area contributed by atoms with E-state index in [4.69, 9.17) is 4.42 Å². The lowest BCUT2D eigenvalue weighted by atomic mass is 9.97. The minimum Gasteiger partial charge on any atom is -0.467 e. The van der Waals surface area contributed by atoms with Crippen LogP contribution in [-0.4, -0.2) is 41.3 Å². The van der Waals surface area contributed by atoms with E-state index in [0.29, 0.717) is 18.9 Å². The quantitative estimate of drug-likeness (QED) is 0.613.